The number of hydrogen-bond donors (Lipinski definition) is 1. The van der Waals surface area contributed by atoms with Gasteiger partial charge in [0.05, 0.1) is 5.69 Å². The van der Waals surface area contributed by atoms with E-state index < -0.39 is 10.0 Å². The van der Waals surface area contributed by atoms with Gasteiger partial charge in [-0.25, -0.2) is 13.6 Å². The molecule has 1 saturated heterocycles. The van der Waals surface area contributed by atoms with E-state index in [0.717, 1.165) is 25.3 Å². The van der Waals surface area contributed by atoms with Crippen LogP contribution in [0.2, 0.25) is 0 Å². The molecular formula is C8H14N4O2S. The average molecular weight is 230 g/mol. The molecule has 0 radical (unpaired) electrons. The minimum atomic E-state index is -3.68. The Bertz CT molecular complexity index is 461. The molecule has 84 valence electrons. The van der Waals surface area contributed by atoms with Crippen molar-refractivity contribution < 1.29 is 8.42 Å². The van der Waals surface area contributed by atoms with Gasteiger partial charge in [0, 0.05) is 19.7 Å². The van der Waals surface area contributed by atoms with Gasteiger partial charge in [-0.15, -0.1) is 0 Å². The molecule has 0 aromatic carbocycles. The third kappa shape index (κ3) is 2.19. The molecule has 7 heteroatoms. The van der Waals surface area contributed by atoms with Crippen LogP contribution in [-0.2, 0) is 23.6 Å². The second-order valence-electron chi connectivity index (χ2n) is 3.77. The Balaban J connectivity index is 2.21. The first-order chi connectivity index (χ1) is 6.97. The van der Waals surface area contributed by atoms with Crippen LogP contribution in [0.25, 0.3) is 0 Å². The molecule has 2 heterocycles. The van der Waals surface area contributed by atoms with E-state index >= 15 is 0 Å². The van der Waals surface area contributed by atoms with Crippen LogP contribution < -0.4 is 5.14 Å². The van der Waals surface area contributed by atoms with Crippen LogP contribution in [0.5, 0.6) is 0 Å². The lowest BCUT2D eigenvalue weighted by Crippen LogP contribution is -2.36. The summed E-state index contributed by atoms with van der Waals surface area (Å²) in [7, 11) is -1.95. The van der Waals surface area contributed by atoms with Crippen LogP contribution in [0, 0.1) is 0 Å². The second kappa shape index (κ2) is 3.58. The van der Waals surface area contributed by atoms with E-state index in [1.54, 1.807) is 11.7 Å². The van der Waals surface area contributed by atoms with Gasteiger partial charge in [-0.3, -0.25) is 9.58 Å². The molecule has 0 unspecified atom stereocenters. The van der Waals surface area contributed by atoms with Crippen molar-refractivity contribution in [2.24, 2.45) is 12.2 Å². The van der Waals surface area contributed by atoms with E-state index in [-0.39, 0.29) is 5.03 Å². The number of hydrogen-bond acceptors (Lipinski definition) is 4. The fourth-order valence-electron chi connectivity index (χ4n) is 1.53. The van der Waals surface area contributed by atoms with Crippen LogP contribution in [-0.4, -0.2) is 36.2 Å². The van der Waals surface area contributed by atoms with Gasteiger partial charge in [0.1, 0.15) is 0 Å². The SMILES string of the molecule is Cn1nc(S(N)(=O)=O)cc1CN1CCC1. The van der Waals surface area contributed by atoms with Crippen LogP contribution >= 0.6 is 0 Å². The van der Waals surface area contributed by atoms with Crippen molar-refractivity contribution in [3.8, 4) is 0 Å². The van der Waals surface area contributed by atoms with Gasteiger partial charge in [-0.2, -0.15) is 5.10 Å². The first-order valence-electron chi connectivity index (χ1n) is 4.75. The largest absolute Gasteiger partial charge is 0.297 e. The van der Waals surface area contributed by atoms with Crippen molar-refractivity contribution >= 4 is 10.0 Å². The first-order valence-corrected chi connectivity index (χ1v) is 6.29. The van der Waals surface area contributed by atoms with Gasteiger partial charge >= 0.3 is 0 Å². The normalized spacial score (nSPS) is 17.7. The number of sulfonamides is 1. The first kappa shape index (κ1) is 10.6. The summed E-state index contributed by atoms with van der Waals surface area (Å²) < 4.78 is 23.7. The number of likely N-dealkylation sites (tertiary alicyclic amines) is 1. The van der Waals surface area contributed by atoms with Gasteiger partial charge in [-0.1, -0.05) is 0 Å². The van der Waals surface area contributed by atoms with Crippen LogP contribution in [0.1, 0.15) is 12.1 Å². The Morgan fingerprint density at radius 1 is 1.53 bits per heavy atom. The lowest BCUT2D eigenvalue weighted by atomic mass is 10.2. The van der Waals surface area contributed by atoms with Crippen molar-refractivity contribution in [3.05, 3.63) is 11.8 Å². The molecule has 0 spiro atoms. The number of nitrogens with zero attached hydrogens (tertiary/aromatic N) is 3. The van der Waals surface area contributed by atoms with Gasteiger partial charge in [-0.05, 0) is 19.5 Å². The summed E-state index contributed by atoms with van der Waals surface area (Å²) in [4.78, 5) is 2.23. The monoisotopic (exact) mass is 230 g/mol. The van der Waals surface area contributed by atoms with Crippen LogP contribution in [0.4, 0.5) is 0 Å². The minimum Gasteiger partial charge on any atom is -0.297 e. The standard InChI is InChI=1S/C8H14N4O2S/c1-11-7(6-12-3-2-4-12)5-8(10-11)15(9,13)14/h5H,2-4,6H2,1H3,(H2,9,13,14). The Hall–Kier alpha value is -0.920. The molecule has 1 aliphatic rings. The third-order valence-electron chi connectivity index (χ3n) is 2.58. The predicted octanol–water partition coefficient (Wildman–Crippen LogP) is -0.727. The van der Waals surface area contributed by atoms with Gasteiger partial charge in [0.25, 0.3) is 10.0 Å². The maximum Gasteiger partial charge on any atom is 0.257 e. The molecule has 1 aliphatic heterocycles. The highest BCUT2D eigenvalue weighted by molar-refractivity contribution is 7.89. The molecular weight excluding hydrogens is 216 g/mol. The van der Waals surface area contributed by atoms with E-state index in [4.69, 9.17) is 5.14 Å². The molecule has 1 aromatic heterocycles. The Morgan fingerprint density at radius 2 is 2.20 bits per heavy atom. The molecule has 6 nitrogen and oxygen atoms in total. The smallest absolute Gasteiger partial charge is 0.257 e. The Labute approximate surface area is 88.7 Å². The number of rotatable bonds is 3. The zero-order chi connectivity index (χ0) is 11.1. The molecule has 2 rings (SSSR count). The molecule has 0 bridgehead atoms. The molecule has 1 fully saturated rings. The summed E-state index contributed by atoms with van der Waals surface area (Å²) in [5, 5.41) is 8.81. The van der Waals surface area contributed by atoms with Crippen molar-refractivity contribution in [1.82, 2.24) is 14.7 Å². The van der Waals surface area contributed by atoms with Crippen molar-refractivity contribution in [2.45, 2.75) is 18.0 Å². The van der Waals surface area contributed by atoms with Crippen molar-refractivity contribution in [1.29, 1.82) is 0 Å². The number of nitrogens with two attached hydrogens (primary N) is 1. The molecule has 0 aliphatic carbocycles. The number of aromatic nitrogens is 2. The summed E-state index contributed by atoms with van der Waals surface area (Å²) in [5.41, 5.74) is 0.874. The maximum absolute atomic E-state index is 11.1. The lowest BCUT2D eigenvalue weighted by Gasteiger charge is -2.30. The van der Waals surface area contributed by atoms with Gasteiger partial charge in [0.2, 0.25) is 0 Å². The highest BCUT2D eigenvalue weighted by Crippen LogP contribution is 2.14. The van der Waals surface area contributed by atoms with Gasteiger partial charge < -0.3 is 0 Å². The van der Waals surface area contributed by atoms with E-state index in [0.29, 0.717) is 0 Å². The van der Waals surface area contributed by atoms with E-state index in [9.17, 15) is 8.42 Å². The minimum absolute atomic E-state index is 0.0551. The molecule has 0 saturated carbocycles. The van der Waals surface area contributed by atoms with E-state index in [1.807, 2.05) is 0 Å². The average Bonchev–Trinajstić information content (AvgIpc) is 2.39. The summed E-state index contributed by atoms with van der Waals surface area (Å²) in [6.45, 7) is 2.87. The summed E-state index contributed by atoms with van der Waals surface area (Å²) in [6, 6.07) is 1.54. The predicted molar refractivity (Wildman–Crippen MR) is 54.5 cm³/mol. The third-order valence-corrected chi connectivity index (χ3v) is 3.36. The van der Waals surface area contributed by atoms with E-state index in [1.165, 1.54) is 12.5 Å². The molecule has 1 aromatic rings. The Morgan fingerprint density at radius 3 is 2.60 bits per heavy atom. The molecule has 0 amide bonds. The van der Waals surface area contributed by atoms with Crippen LogP contribution in [0.15, 0.2) is 11.1 Å². The summed E-state index contributed by atoms with van der Waals surface area (Å²) in [5.74, 6) is 0. The number of primary sulfonamides is 1. The molecule has 0 atom stereocenters. The molecule has 15 heavy (non-hydrogen) atoms. The van der Waals surface area contributed by atoms with E-state index in [2.05, 4.69) is 10.00 Å². The quantitative estimate of drug-likeness (QED) is 0.742. The van der Waals surface area contributed by atoms with Crippen molar-refractivity contribution in [2.75, 3.05) is 13.1 Å². The lowest BCUT2D eigenvalue weighted by molar-refractivity contribution is 0.168. The Kier molecular flexibility index (Phi) is 2.53. The second-order valence-corrected chi connectivity index (χ2v) is 5.28. The maximum atomic E-state index is 11.1. The topological polar surface area (TPSA) is 81.2 Å². The fraction of sp³-hybridized carbons (Fsp3) is 0.625. The highest BCUT2D eigenvalue weighted by Gasteiger charge is 2.19. The van der Waals surface area contributed by atoms with Crippen molar-refractivity contribution in [3.63, 3.8) is 0 Å². The summed E-state index contributed by atoms with van der Waals surface area (Å²) >= 11 is 0. The summed E-state index contributed by atoms with van der Waals surface area (Å²) in [6.07, 6.45) is 1.21. The number of aryl methyl sites for hydroxylation is 1. The van der Waals surface area contributed by atoms with Gasteiger partial charge in [0.15, 0.2) is 5.03 Å². The highest BCUT2D eigenvalue weighted by atomic mass is 32.2. The fourth-order valence-corrected chi connectivity index (χ4v) is 2.07. The zero-order valence-electron chi connectivity index (χ0n) is 8.55. The zero-order valence-corrected chi connectivity index (χ0v) is 9.37. The molecule has 2 N–H and O–H groups in total. The van der Waals surface area contributed by atoms with Crippen LogP contribution in [0.3, 0.4) is 0 Å².